The van der Waals surface area contributed by atoms with Gasteiger partial charge in [-0.15, -0.1) is 0 Å². The molecule has 238 valence electrons. The van der Waals surface area contributed by atoms with E-state index in [2.05, 4.69) is 89.3 Å². The zero-order chi connectivity index (χ0) is 33.0. The number of pyridine rings is 1. The van der Waals surface area contributed by atoms with Crippen LogP contribution in [0.3, 0.4) is 0 Å². The SMILES string of the molecule is Cc1c(CCCC(=O)O)c2ccccn2c1C(=O)c1cccc([N+](C)(c2ccc(CC(C)C)cc2)c2ccc(CC(C)C)cc2)c1. The lowest BCUT2D eigenvalue weighted by atomic mass is 9.99. The van der Waals surface area contributed by atoms with Crippen LogP contribution in [0.25, 0.3) is 5.52 Å². The molecule has 5 heteroatoms. The summed E-state index contributed by atoms with van der Waals surface area (Å²) in [5.74, 6) is 0.305. The Morgan fingerprint density at radius 2 is 1.35 bits per heavy atom. The molecule has 0 fully saturated rings. The highest BCUT2D eigenvalue weighted by Crippen LogP contribution is 2.43. The van der Waals surface area contributed by atoms with E-state index in [1.165, 1.54) is 11.1 Å². The first-order chi connectivity index (χ1) is 22.0. The third-order valence-electron chi connectivity index (χ3n) is 9.07. The van der Waals surface area contributed by atoms with Crippen molar-refractivity contribution < 1.29 is 14.7 Å². The molecule has 1 N–H and O–H groups in total. The van der Waals surface area contributed by atoms with Crippen LogP contribution >= 0.6 is 0 Å². The number of quaternary nitrogens is 1. The molecule has 2 heterocycles. The van der Waals surface area contributed by atoms with Crippen LogP contribution in [0.5, 0.6) is 0 Å². The molecule has 0 aliphatic rings. The Morgan fingerprint density at radius 3 is 1.89 bits per heavy atom. The van der Waals surface area contributed by atoms with Crippen molar-refractivity contribution in [2.24, 2.45) is 11.8 Å². The highest BCUT2D eigenvalue weighted by atomic mass is 16.4. The van der Waals surface area contributed by atoms with Crippen molar-refractivity contribution in [3.05, 3.63) is 131 Å². The topological polar surface area (TPSA) is 58.8 Å². The summed E-state index contributed by atoms with van der Waals surface area (Å²) in [5.41, 5.74) is 10.0. The number of ketones is 1. The number of carboxylic acid groups (broad SMARTS) is 1. The Balaban J connectivity index is 1.59. The van der Waals surface area contributed by atoms with Crippen molar-refractivity contribution in [3.63, 3.8) is 0 Å². The monoisotopic (exact) mass is 615 g/mol. The maximum absolute atomic E-state index is 14.4. The third kappa shape index (κ3) is 6.85. The summed E-state index contributed by atoms with van der Waals surface area (Å²) in [6.45, 7) is 10.9. The molecule has 3 aromatic carbocycles. The number of aryl methyl sites for hydroxylation is 1. The zero-order valence-electron chi connectivity index (χ0n) is 28.1. The molecule has 5 rings (SSSR count). The first-order valence-corrected chi connectivity index (χ1v) is 16.5. The average molecular weight is 616 g/mol. The van der Waals surface area contributed by atoms with Gasteiger partial charge in [0.05, 0.1) is 12.7 Å². The predicted molar refractivity (Wildman–Crippen MR) is 190 cm³/mol. The van der Waals surface area contributed by atoms with E-state index in [0.29, 0.717) is 40.4 Å². The van der Waals surface area contributed by atoms with Crippen molar-refractivity contribution in [3.8, 4) is 0 Å². The maximum atomic E-state index is 14.4. The lowest BCUT2D eigenvalue weighted by molar-refractivity contribution is -0.137. The summed E-state index contributed by atoms with van der Waals surface area (Å²) in [5, 5.41) is 9.21. The molecule has 0 saturated heterocycles. The molecule has 0 aliphatic carbocycles. The molecule has 2 aromatic heterocycles. The van der Waals surface area contributed by atoms with Gasteiger partial charge in [-0.2, -0.15) is 0 Å². The Bertz CT molecular complexity index is 1780. The summed E-state index contributed by atoms with van der Waals surface area (Å²) in [4.78, 5) is 25.6. The quantitative estimate of drug-likeness (QED) is 0.106. The molecule has 0 aliphatic heterocycles. The van der Waals surface area contributed by atoms with E-state index in [-0.39, 0.29) is 12.2 Å². The molecule has 0 bridgehead atoms. The first kappa shape index (κ1) is 32.9. The number of carbonyl (C=O) groups is 2. The van der Waals surface area contributed by atoms with Gasteiger partial charge < -0.3 is 9.51 Å². The standard InChI is InChI=1S/C41H46N2O3/c1-28(2)25-31-16-20-34(21-17-31)43(6,35-22-18-32(19-23-35)26-29(3)4)36-12-9-11-33(27-36)41(46)40-30(5)37(13-10-15-39(44)45)38-14-7-8-24-42(38)40/h7-9,11-12,14,16-24,27-29H,10,13,15,25-26H2,1-6H3/p+1. The van der Waals surface area contributed by atoms with E-state index in [0.717, 1.165) is 46.5 Å². The minimum Gasteiger partial charge on any atom is -0.481 e. The Kier molecular flexibility index (Phi) is 9.93. The van der Waals surface area contributed by atoms with E-state index in [4.69, 9.17) is 0 Å². The second kappa shape index (κ2) is 13.9. The van der Waals surface area contributed by atoms with E-state index in [1.807, 2.05) is 53.9 Å². The van der Waals surface area contributed by atoms with E-state index in [9.17, 15) is 14.7 Å². The number of nitrogens with zero attached hydrogens (tertiary/aromatic N) is 2. The zero-order valence-corrected chi connectivity index (χ0v) is 28.1. The van der Waals surface area contributed by atoms with Gasteiger partial charge in [0.2, 0.25) is 5.78 Å². The largest absolute Gasteiger partial charge is 0.481 e. The van der Waals surface area contributed by atoms with Gasteiger partial charge >= 0.3 is 5.97 Å². The van der Waals surface area contributed by atoms with Gasteiger partial charge in [0.1, 0.15) is 17.1 Å². The van der Waals surface area contributed by atoms with E-state index in [1.54, 1.807) is 0 Å². The van der Waals surface area contributed by atoms with Crippen LogP contribution in [-0.4, -0.2) is 28.3 Å². The second-order valence-corrected chi connectivity index (χ2v) is 13.6. The Hall–Kier alpha value is -4.48. The molecule has 5 aromatic rings. The summed E-state index contributed by atoms with van der Waals surface area (Å²) < 4.78 is 2.38. The number of hydrogen-bond acceptors (Lipinski definition) is 2. The number of fused-ring (bicyclic) bond motifs is 1. The van der Waals surface area contributed by atoms with Crippen LogP contribution in [0.4, 0.5) is 17.1 Å². The van der Waals surface area contributed by atoms with Crippen LogP contribution < -0.4 is 4.48 Å². The summed E-state index contributed by atoms with van der Waals surface area (Å²) in [6.07, 6.45) is 5.21. The highest BCUT2D eigenvalue weighted by Gasteiger charge is 2.33. The van der Waals surface area contributed by atoms with E-state index < -0.39 is 5.97 Å². The van der Waals surface area contributed by atoms with Gasteiger partial charge in [0, 0.05) is 60.1 Å². The van der Waals surface area contributed by atoms with Gasteiger partial charge in [-0.1, -0.05) is 70.2 Å². The van der Waals surface area contributed by atoms with Crippen molar-refractivity contribution >= 4 is 34.3 Å². The number of carboxylic acids is 1. The van der Waals surface area contributed by atoms with E-state index >= 15 is 0 Å². The lowest BCUT2D eigenvalue weighted by Crippen LogP contribution is -2.34. The van der Waals surface area contributed by atoms with Gasteiger partial charge in [-0.3, -0.25) is 9.59 Å². The molecule has 0 amide bonds. The molecule has 0 spiro atoms. The third-order valence-corrected chi connectivity index (χ3v) is 9.07. The molecular formula is C41H47N2O3+. The highest BCUT2D eigenvalue weighted by molar-refractivity contribution is 6.10. The van der Waals surface area contributed by atoms with Crippen molar-refractivity contribution in [1.82, 2.24) is 8.88 Å². The smallest absolute Gasteiger partial charge is 0.303 e. The fraction of sp³-hybridized carbons (Fsp3) is 0.317. The average Bonchev–Trinajstić information content (AvgIpc) is 3.31. The summed E-state index contributed by atoms with van der Waals surface area (Å²) in [7, 11) is 2.21. The fourth-order valence-corrected chi connectivity index (χ4v) is 6.72. The number of carbonyl (C=O) groups excluding carboxylic acids is 1. The number of benzene rings is 3. The molecule has 0 unspecified atom stereocenters. The molecule has 0 atom stereocenters. The number of hydrogen-bond donors (Lipinski definition) is 1. The van der Waals surface area contributed by atoms with Crippen LogP contribution in [0.15, 0.2) is 97.2 Å². The predicted octanol–water partition coefficient (Wildman–Crippen LogP) is 9.88. The molecule has 5 nitrogen and oxygen atoms in total. The van der Waals surface area contributed by atoms with Gasteiger partial charge in [-0.05, 0) is 78.8 Å². The Labute approximate surface area is 273 Å². The molecule has 46 heavy (non-hydrogen) atoms. The van der Waals surface area contributed by atoms with Crippen LogP contribution in [0, 0.1) is 18.8 Å². The number of rotatable bonds is 13. The normalized spacial score (nSPS) is 11.9. The minimum atomic E-state index is -0.806. The molecular weight excluding hydrogens is 568 g/mol. The number of aliphatic carboxylic acids is 1. The molecule has 0 saturated carbocycles. The lowest BCUT2D eigenvalue weighted by Gasteiger charge is -2.34. The first-order valence-electron chi connectivity index (χ1n) is 16.5. The van der Waals surface area contributed by atoms with Gasteiger partial charge in [-0.25, -0.2) is 4.48 Å². The van der Waals surface area contributed by atoms with Crippen molar-refractivity contribution in [1.29, 1.82) is 0 Å². The minimum absolute atomic E-state index is 0.0452. The van der Waals surface area contributed by atoms with Crippen LogP contribution in [-0.2, 0) is 24.1 Å². The van der Waals surface area contributed by atoms with Crippen molar-refractivity contribution in [2.45, 2.75) is 66.7 Å². The summed E-state index contributed by atoms with van der Waals surface area (Å²) >= 11 is 0. The molecule has 0 radical (unpaired) electrons. The van der Waals surface area contributed by atoms with Gasteiger partial charge in [0.15, 0.2) is 0 Å². The maximum Gasteiger partial charge on any atom is 0.303 e. The Morgan fingerprint density at radius 1 is 0.761 bits per heavy atom. The van der Waals surface area contributed by atoms with Gasteiger partial charge in [0.25, 0.3) is 0 Å². The van der Waals surface area contributed by atoms with Crippen molar-refractivity contribution in [2.75, 3.05) is 7.05 Å². The van der Waals surface area contributed by atoms with Crippen LogP contribution in [0.2, 0.25) is 0 Å². The number of aromatic nitrogens is 1. The summed E-state index contributed by atoms with van der Waals surface area (Å²) in [6, 6.07) is 31.8. The second-order valence-electron chi connectivity index (χ2n) is 13.6. The fourth-order valence-electron chi connectivity index (χ4n) is 6.72. The van der Waals surface area contributed by atoms with Crippen LogP contribution in [0.1, 0.15) is 78.8 Å².